The van der Waals surface area contributed by atoms with Crippen LogP contribution in [0.25, 0.3) is 0 Å². The summed E-state index contributed by atoms with van der Waals surface area (Å²) < 4.78 is 27.2. The highest BCUT2D eigenvalue weighted by Crippen LogP contribution is 2.48. The number of halogens is 2. The molecule has 0 bridgehead atoms. The van der Waals surface area contributed by atoms with Crippen LogP contribution in [0.5, 0.6) is 0 Å². The van der Waals surface area contributed by atoms with Crippen molar-refractivity contribution in [3.05, 3.63) is 29.3 Å². The van der Waals surface area contributed by atoms with Crippen molar-refractivity contribution in [1.82, 2.24) is 5.32 Å². The number of carbonyl (C=O) groups is 1. The van der Waals surface area contributed by atoms with Crippen molar-refractivity contribution in [1.29, 1.82) is 0 Å². The predicted octanol–water partition coefficient (Wildman–Crippen LogP) is 2.42. The summed E-state index contributed by atoms with van der Waals surface area (Å²) in [5, 5.41) is 2.81. The largest absolute Gasteiger partial charge is 0.352 e. The van der Waals surface area contributed by atoms with Crippen LogP contribution in [0, 0.1) is 29.4 Å². The van der Waals surface area contributed by atoms with Gasteiger partial charge in [0.15, 0.2) is 11.6 Å². The average molecular weight is 295 g/mol. The predicted molar refractivity (Wildman–Crippen MR) is 75.4 cm³/mol. The average Bonchev–Trinajstić information content (AvgIpc) is 3.32. The zero-order valence-electron chi connectivity index (χ0n) is 11.7. The second-order valence-corrected chi connectivity index (χ2v) is 6.01. The molecule has 6 heteroatoms. The topological polar surface area (TPSA) is 67.1 Å². The molecule has 0 aromatic heterocycles. The molecule has 1 aromatic carbocycles. The molecule has 0 heterocycles. The fourth-order valence-electron chi connectivity index (χ4n) is 2.92. The maximum absolute atomic E-state index is 13.6. The van der Waals surface area contributed by atoms with Gasteiger partial charge in [-0.3, -0.25) is 10.6 Å². The van der Waals surface area contributed by atoms with Gasteiger partial charge in [0.05, 0.1) is 0 Å². The highest BCUT2D eigenvalue weighted by atomic mass is 19.1. The Kier molecular flexibility index (Phi) is 3.80. The van der Waals surface area contributed by atoms with Gasteiger partial charge in [-0.05, 0) is 55.6 Å². The Morgan fingerprint density at radius 1 is 1.19 bits per heavy atom. The molecule has 2 fully saturated rings. The standard InChI is InChI=1S/C15H19F2N3O/c16-12-5-10(6-13(17)14(12)20-18)15(21)19-7-11(8-1-2-8)9-3-4-9/h5-6,8-9,11,20H,1-4,7,18H2,(H,19,21). The number of nitrogens with two attached hydrogens (primary N) is 1. The number of carbonyl (C=O) groups excluding carboxylic acids is 1. The molecule has 4 nitrogen and oxygen atoms in total. The molecule has 0 radical (unpaired) electrons. The van der Waals surface area contributed by atoms with Crippen LogP contribution >= 0.6 is 0 Å². The molecule has 1 amide bonds. The van der Waals surface area contributed by atoms with Crippen molar-refractivity contribution in [2.75, 3.05) is 12.0 Å². The first-order valence-corrected chi connectivity index (χ1v) is 7.34. The molecule has 0 aliphatic heterocycles. The Morgan fingerprint density at radius 3 is 2.14 bits per heavy atom. The van der Waals surface area contributed by atoms with Gasteiger partial charge in [0.1, 0.15) is 5.69 Å². The van der Waals surface area contributed by atoms with Gasteiger partial charge in [-0.25, -0.2) is 8.78 Å². The Balaban J connectivity index is 1.64. The van der Waals surface area contributed by atoms with Crippen LogP contribution in [-0.2, 0) is 0 Å². The van der Waals surface area contributed by atoms with Gasteiger partial charge in [0.2, 0.25) is 0 Å². The summed E-state index contributed by atoms with van der Waals surface area (Å²) >= 11 is 0. The number of hydrogen-bond acceptors (Lipinski definition) is 3. The van der Waals surface area contributed by atoms with E-state index < -0.39 is 23.2 Å². The third-order valence-corrected chi connectivity index (χ3v) is 4.40. The lowest BCUT2D eigenvalue weighted by molar-refractivity contribution is 0.0942. The van der Waals surface area contributed by atoms with E-state index in [1.165, 1.54) is 25.7 Å². The van der Waals surface area contributed by atoms with Crippen LogP contribution in [0.2, 0.25) is 0 Å². The zero-order valence-corrected chi connectivity index (χ0v) is 11.7. The van der Waals surface area contributed by atoms with E-state index in [2.05, 4.69) is 5.32 Å². The highest BCUT2D eigenvalue weighted by Gasteiger charge is 2.41. The van der Waals surface area contributed by atoms with Gasteiger partial charge in [0, 0.05) is 12.1 Å². The monoisotopic (exact) mass is 295 g/mol. The molecule has 0 spiro atoms. The first kappa shape index (κ1) is 14.3. The second-order valence-electron chi connectivity index (χ2n) is 6.01. The number of anilines is 1. The van der Waals surface area contributed by atoms with E-state index >= 15 is 0 Å². The summed E-state index contributed by atoms with van der Waals surface area (Å²) in [6.07, 6.45) is 4.93. The summed E-state index contributed by atoms with van der Waals surface area (Å²) in [5.41, 5.74) is 1.50. The van der Waals surface area contributed by atoms with Crippen molar-refractivity contribution in [2.45, 2.75) is 25.7 Å². The van der Waals surface area contributed by atoms with Crippen LogP contribution in [0.15, 0.2) is 12.1 Å². The third kappa shape index (κ3) is 3.15. The summed E-state index contributed by atoms with van der Waals surface area (Å²) in [6, 6.07) is 1.99. The number of hydrogen-bond donors (Lipinski definition) is 3. The molecule has 1 aromatic rings. The first-order valence-electron chi connectivity index (χ1n) is 7.34. The smallest absolute Gasteiger partial charge is 0.251 e. The summed E-state index contributed by atoms with van der Waals surface area (Å²) in [4.78, 5) is 12.0. The van der Waals surface area contributed by atoms with Crippen LogP contribution in [0.3, 0.4) is 0 Å². The van der Waals surface area contributed by atoms with Crippen molar-refractivity contribution < 1.29 is 13.6 Å². The minimum Gasteiger partial charge on any atom is -0.352 e. The number of amides is 1. The number of nitrogens with one attached hydrogen (secondary N) is 2. The minimum atomic E-state index is -0.872. The van der Waals surface area contributed by atoms with E-state index in [4.69, 9.17) is 5.84 Å². The number of nitrogen functional groups attached to an aromatic ring is 1. The molecule has 0 saturated heterocycles. The number of rotatable bonds is 6. The van der Waals surface area contributed by atoms with E-state index in [1.807, 2.05) is 5.43 Å². The lowest BCUT2D eigenvalue weighted by Crippen LogP contribution is -2.31. The lowest BCUT2D eigenvalue weighted by atomic mass is 9.98. The molecular formula is C15H19F2N3O. The van der Waals surface area contributed by atoms with Crippen LogP contribution < -0.4 is 16.6 Å². The summed E-state index contributed by atoms with van der Waals surface area (Å²) in [7, 11) is 0. The van der Waals surface area contributed by atoms with Gasteiger partial charge >= 0.3 is 0 Å². The summed E-state index contributed by atoms with van der Waals surface area (Å²) in [5.74, 6) is 4.80. The van der Waals surface area contributed by atoms with E-state index in [0.717, 1.165) is 24.0 Å². The molecular weight excluding hydrogens is 276 g/mol. The number of hydrazine groups is 1. The molecule has 114 valence electrons. The van der Waals surface area contributed by atoms with Crippen molar-refractivity contribution in [3.8, 4) is 0 Å². The molecule has 0 atom stereocenters. The normalized spacial score (nSPS) is 17.9. The van der Waals surface area contributed by atoms with E-state index in [-0.39, 0.29) is 5.56 Å². The van der Waals surface area contributed by atoms with Gasteiger partial charge in [-0.1, -0.05) is 0 Å². The van der Waals surface area contributed by atoms with Gasteiger partial charge in [0.25, 0.3) is 5.91 Å². The summed E-state index contributed by atoms with van der Waals surface area (Å²) in [6.45, 7) is 0.592. The fraction of sp³-hybridized carbons (Fsp3) is 0.533. The molecule has 0 unspecified atom stereocenters. The maximum Gasteiger partial charge on any atom is 0.251 e. The maximum atomic E-state index is 13.6. The number of benzene rings is 1. The van der Waals surface area contributed by atoms with Crippen LogP contribution in [-0.4, -0.2) is 12.5 Å². The van der Waals surface area contributed by atoms with E-state index in [1.54, 1.807) is 0 Å². The minimum absolute atomic E-state index is 0.0191. The van der Waals surface area contributed by atoms with Crippen LogP contribution in [0.4, 0.5) is 14.5 Å². The molecule has 2 aliphatic rings. The molecule has 4 N–H and O–H groups in total. The molecule has 21 heavy (non-hydrogen) atoms. The van der Waals surface area contributed by atoms with Crippen molar-refractivity contribution in [3.63, 3.8) is 0 Å². The van der Waals surface area contributed by atoms with Crippen molar-refractivity contribution in [2.24, 2.45) is 23.6 Å². The van der Waals surface area contributed by atoms with Crippen molar-refractivity contribution >= 4 is 11.6 Å². The second kappa shape index (κ2) is 5.60. The van der Waals surface area contributed by atoms with E-state index in [9.17, 15) is 13.6 Å². The van der Waals surface area contributed by atoms with Crippen LogP contribution in [0.1, 0.15) is 36.0 Å². The van der Waals surface area contributed by atoms with Gasteiger partial charge in [-0.2, -0.15) is 0 Å². The Morgan fingerprint density at radius 2 is 1.71 bits per heavy atom. The SMILES string of the molecule is NNc1c(F)cc(C(=O)NCC(C2CC2)C2CC2)cc1F. The highest BCUT2D eigenvalue weighted by molar-refractivity contribution is 5.94. The Hall–Kier alpha value is -1.69. The van der Waals surface area contributed by atoms with Gasteiger partial charge in [-0.15, -0.1) is 0 Å². The fourth-order valence-corrected chi connectivity index (χ4v) is 2.92. The van der Waals surface area contributed by atoms with Gasteiger partial charge < -0.3 is 10.7 Å². The molecule has 2 saturated carbocycles. The Labute approximate surface area is 122 Å². The molecule has 2 aliphatic carbocycles. The zero-order chi connectivity index (χ0) is 15.0. The molecule has 3 rings (SSSR count). The lowest BCUT2D eigenvalue weighted by Gasteiger charge is -2.16. The third-order valence-electron chi connectivity index (χ3n) is 4.40. The Bertz CT molecular complexity index is 521. The van der Waals surface area contributed by atoms with E-state index in [0.29, 0.717) is 12.5 Å². The quantitative estimate of drug-likeness (QED) is 0.558. The first-order chi connectivity index (χ1) is 10.1.